The minimum absolute atomic E-state index is 0.0411. The van der Waals surface area contributed by atoms with Crippen LogP contribution in [0.4, 0.5) is 0 Å². The van der Waals surface area contributed by atoms with Crippen molar-refractivity contribution in [2.45, 2.75) is 0 Å². The molecule has 1 fully saturated rings. The van der Waals surface area contributed by atoms with Crippen LogP contribution in [0.15, 0.2) is 52.4 Å². The number of aromatic nitrogens is 2. The molecule has 0 N–H and O–H groups in total. The Kier molecular flexibility index (Phi) is 5.17. The number of fused-ring (bicyclic) bond motifs is 1. The van der Waals surface area contributed by atoms with Crippen LogP contribution in [0.25, 0.3) is 32.9 Å². The number of rotatable bonds is 4. The average molecular weight is 435 g/mol. The van der Waals surface area contributed by atoms with Crippen molar-refractivity contribution >= 4 is 28.2 Å². The Balaban J connectivity index is 1.45. The molecule has 7 nitrogen and oxygen atoms in total. The highest BCUT2D eigenvalue weighted by atomic mass is 32.1. The van der Waals surface area contributed by atoms with Gasteiger partial charge in [0.05, 0.1) is 12.5 Å². The summed E-state index contributed by atoms with van der Waals surface area (Å²) in [6, 6.07) is 13.3. The van der Waals surface area contributed by atoms with Crippen LogP contribution >= 0.6 is 11.3 Å². The van der Waals surface area contributed by atoms with Gasteiger partial charge in [-0.1, -0.05) is 5.16 Å². The molecule has 1 amide bonds. The lowest BCUT2D eigenvalue weighted by Gasteiger charge is -2.32. The maximum Gasteiger partial charge on any atom is 0.253 e. The van der Waals surface area contributed by atoms with Gasteiger partial charge in [-0.15, -0.1) is 11.3 Å². The quantitative estimate of drug-likeness (QED) is 0.483. The Morgan fingerprint density at radius 1 is 1.10 bits per heavy atom. The number of hydrogen-bond donors (Lipinski definition) is 0. The van der Waals surface area contributed by atoms with Gasteiger partial charge in [-0.25, -0.2) is 4.98 Å². The van der Waals surface area contributed by atoms with Crippen LogP contribution in [-0.2, 0) is 0 Å². The van der Waals surface area contributed by atoms with Gasteiger partial charge < -0.3 is 19.1 Å². The number of piperazine rings is 1. The van der Waals surface area contributed by atoms with Crippen LogP contribution in [0.1, 0.15) is 10.4 Å². The van der Waals surface area contributed by atoms with E-state index in [4.69, 9.17) is 14.2 Å². The van der Waals surface area contributed by atoms with E-state index in [0.717, 1.165) is 53.6 Å². The molecular formula is C23H22N4O3S. The minimum atomic E-state index is 0.0411. The van der Waals surface area contributed by atoms with Crippen molar-refractivity contribution in [3.63, 3.8) is 0 Å². The molecule has 4 aromatic rings. The number of amides is 1. The molecule has 0 saturated carbocycles. The number of benzene rings is 2. The number of methoxy groups -OCH3 is 1. The van der Waals surface area contributed by atoms with Gasteiger partial charge in [0.25, 0.3) is 5.91 Å². The van der Waals surface area contributed by atoms with Gasteiger partial charge in [0.2, 0.25) is 0 Å². The fraction of sp³-hybridized carbons (Fsp3) is 0.261. The third kappa shape index (κ3) is 3.80. The van der Waals surface area contributed by atoms with E-state index in [1.807, 2.05) is 52.7 Å². The second-order valence-corrected chi connectivity index (χ2v) is 8.46. The number of carbonyl (C=O) groups is 1. The molecule has 0 unspecified atom stereocenters. The van der Waals surface area contributed by atoms with Crippen molar-refractivity contribution in [2.24, 2.45) is 0 Å². The molecule has 0 aliphatic carbocycles. The highest BCUT2D eigenvalue weighted by Gasteiger charge is 2.22. The summed E-state index contributed by atoms with van der Waals surface area (Å²) in [5, 5.41) is 7.89. The summed E-state index contributed by atoms with van der Waals surface area (Å²) in [5.41, 5.74) is 3.68. The smallest absolute Gasteiger partial charge is 0.253 e. The fourth-order valence-corrected chi connectivity index (χ4v) is 4.51. The lowest BCUT2D eigenvalue weighted by molar-refractivity contribution is 0.0664. The zero-order chi connectivity index (χ0) is 21.4. The highest BCUT2D eigenvalue weighted by Crippen LogP contribution is 2.33. The van der Waals surface area contributed by atoms with Gasteiger partial charge in [-0.05, 0) is 49.5 Å². The number of ether oxygens (including phenoxy) is 1. The fourth-order valence-electron chi connectivity index (χ4n) is 3.70. The van der Waals surface area contributed by atoms with Crippen molar-refractivity contribution in [1.29, 1.82) is 0 Å². The lowest BCUT2D eigenvalue weighted by atomic mass is 10.1. The first-order chi connectivity index (χ1) is 15.1. The molecule has 3 heterocycles. The van der Waals surface area contributed by atoms with Crippen molar-refractivity contribution in [3.8, 4) is 27.7 Å². The predicted molar refractivity (Wildman–Crippen MR) is 121 cm³/mol. The summed E-state index contributed by atoms with van der Waals surface area (Å²) < 4.78 is 10.7. The maximum atomic E-state index is 13.0. The summed E-state index contributed by atoms with van der Waals surface area (Å²) in [6.45, 7) is 3.25. The van der Waals surface area contributed by atoms with E-state index in [0.29, 0.717) is 16.8 Å². The van der Waals surface area contributed by atoms with E-state index in [9.17, 15) is 4.79 Å². The molecule has 2 aromatic carbocycles. The molecular weight excluding hydrogens is 412 g/mol. The van der Waals surface area contributed by atoms with Gasteiger partial charge in [0.1, 0.15) is 22.1 Å². The largest absolute Gasteiger partial charge is 0.497 e. The number of likely N-dealkylation sites (N-methyl/N-ethyl adjacent to an activating group) is 1. The van der Waals surface area contributed by atoms with Crippen molar-refractivity contribution in [2.75, 3.05) is 40.3 Å². The third-order valence-corrected chi connectivity index (χ3v) is 6.48. The lowest BCUT2D eigenvalue weighted by Crippen LogP contribution is -2.47. The predicted octanol–water partition coefficient (Wildman–Crippen LogP) is 4.01. The van der Waals surface area contributed by atoms with Crippen LogP contribution < -0.4 is 4.74 Å². The third-order valence-electron chi connectivity index (χ3n) is 5.59. The SMILES string of the molecule is COc1ccc(-c2nc(-c3noc4ccc(C(=O)N5CCN(C)CC5)cc34)cs2)cc1. The van der Waals surface area contributed by atoms with E-state index >= 15 is 0 Å². The maximum absolute atomic E-state index is 13.0. The van der Waals surface area contributed by atoms with E-state index in [1.54, 1.807) is 18.4 Å². The van der Waals surface area contributed by atoms with Crippen LogP contribution in [0.5, 0.6) is 5.75 Å². The number of hydrogen-bond acceptors (Lipinski definition) is 7. The first kappa shape index (κ1) is 19.7. The van der Waals surface area contributed by atoms with Gasteiger partial charge in [-0.3, -0.25) is 4.79 Å². The van der Waals surface area contributed by atoms with Crippen molar-refractivity contribution < 1.29 is 14.1 Å². The Labute approximate surface area is 183 Å². The Hall–Kier alpha value is -3.23. The summed E-state index contributed by atoms with van der Waals surface area (Å²) in [5.74, 6) is 0.847. The monoisotopic (exact) mass is 434 g/mol. The zero-order valence-electron chi connectivity index (χ0n) is 17.4. The summed E-state index contributed by atoms with van der Waals surface area (Å²) in [7, 11) is 3.72. The van der Waals surface area contributed by atoms with Crippen LogP contribution in [0.2, 0.25) is 0 Å². The zero-order valence-corrected chi connectivity index (χ0v) is 18.2. The van der Waals surface area contributed by atoms with Gasteiger partial charge in [-0.2, -0.15) is 0 Å². The highest BCUT2D eigenvalue weighted by molar-refractivity contribution is 7.13. The van der Waals surface area contributed by atoms with Crippen LogP contribution in [0, 0.1) is 0 Å². The topological polar surface area (TPSA) is 71.7 Å². The first-order valence-electron chi connectivity index (χ1n) is 10.1. The molecule has 8 heteroatoms. The van der Waals surface area contributed by atoms with Crippen molar-refractivity contribution in [3.05, 3.63) is 53.4 Å². The second-order valence-electron chi connectivity index (χ2n) is 7.60. The molecule has 5 rings (SSSR count). The normalized spacial score (nSPS) is 14.8. The Morgan fingerprint density at radius 3 is 2.61 bits per heavy atom. The molecule has 0 atom stereocenters. The molecule has 0 radical (unpaired) electrons. The van der Waals surface area contributed by atoms with Crippen LogP contribution in [0.3, 0.4) is 0 Å². The number of thiazole rings is 1. The standard InChI is InChI=1S/C23H22N4O3S/c1-26-9-11-27(12-10-26)23(28)16-5-8-20-18(13-16)21(25-30-20)19-14-31-22(24-19)15-3-6-17(29-2)7-4-15/h3-8,13-14H,9-12H2,1-2H3. The van der Waals surface area contributed by atoms with E-state index in [1.165, 1.54) is 0 Å². The van der Waals surface area contributed by atoms with E-state index in [2.05, 4.69) is 17.1 Å². The first-order valence-corrected chi connectivity index (χ1v) is 11.0. The van der Waals surface area contributed by atoms with E-state index in [-0.39, 0.29) is 5.91 Å². The Bertz CT molecular complexity index is 1220. The molecule has 1 aliphatic heterocycles. The molecule has 0 spiro atoms. The summed E-state index contributed by atoms with van der Waals surface area (Å²) in [4.78, 5) is 21.9. The second kappa shape index (κ2) is 8.13. The number of carbonyl (C=O) groups excluding carboxylic acids is 1. The van der Waals surface area contributed by atoms with Gasteiger partial charge in [0.15, 0.2) is 5.58 Å². The Morgan fingerprint density at radius 2 is 1.87 bits per heavy atom. The molecule has 158 valence electrons. The summed E-state index contributed by atoms with van der Waals surface area (Å²) in [6.07, 6.45) is 0. The summed E-state index contributed by atoms with van der Waals surface area (Å²) >= 11 is 1.54. The van der Waals surface area contributed by atoms with Crippen LogP contribution in [-0.4, -0.2) is 66.2 Å². The molecule has 31 heavy (non-hydrogen) atoms. The van der Waals surface area contributed by atoms with Gasteiger partial charge in [0, 0.05) is 42.7 Å². The van der Waals surface area contributed by atoms with E-state index < -0.39 is 0 Å². The number of nitrogens with zero attached hydrogens (tertiary/aromatic N) is 4. The molecule has 0 bridgehead atoms. The van der Waals surface area contributed by atoms with Crippen molar-refractivity contribution in [1.82, 2.24) is 19.9 Å². The van der Waals surface area contributed by atoms with Gasteiger partial charge >= 0.3 is 0 Å². The molecule has 2 aromatic heterocycles. The molecule has 1 aliphatic rings. The minimum Gasteiger partial charge on any atom is -0.497 e. The molecule has 1 saturated heterocycles. The average Bonchev–Trinajstić information content (AvgIpc) is 3.46.